The van der Waals surface area contributed by atoms with E-state index in [1.807, 2.05) is 0 Å². The molecular formula is C9F12N2O2. The minimum Gasteiger partial charge on any atom is -0.411 e. The van der Waals surface area contributed by atoms with Crippen molar-refractivity contribution in [3.63, 3.8) is 0 Å². The molecule has 4 nitrogen and oxygen atoms in total. The molecule has 142 valence electrons. The lowest BCUT2D eigenvalue weighted by atomic mass is 10.2. The summed E-state index contributed by atoms with van der Waals surface area (Å²) in [5, 5.41) is 15.6. The molecule has 0 radical (unpaired) electrons. The molecule has 0 aromatic carbocycles. The van der Waals surface area contributed by atoms with Gasteiger partial charge in [-0.25, -0.2) is 0 Å². The third-order valence-electron chi connectivity index (χ3n) is 2.02. The van der Waals surface area contributed by atoms with Crippen molar-refractivity contribution in [2.24, 2.45) is 0 Å². The summed E-state index contributed by atoms with van der Waals surface area (Å²) in [7, 11) is 0. The Kier molecular flexibility index (Phi) is 5.89. The highest BCUT2D eigenvalue weighted by atomic mass is 19.4. The van der Waals surface area contributed by atoms with E-state index >= 15 is 0 Å². The van der Waals surface area contributed by atoms with E-state index in [1.54, 1.807) is 4.74 Å². The van der Waals surface area contributed by atoms with Gasteiger partial charge in [0.2, 0.25) is 0 Å². The molecule has 1 atom stereocenters. The molecule has 0 spiro atoms. The lowest BCUT2D eigenvalue weighted by Gasteiger charge is -2.36. The first-order chi connectivity index (χ1) is 10.9. The predicted octanol–water partition coefficient (Wildman–Crippen LogP) is 4.22. The second-order valence-electron chi connectivity index (χ2n) is 3.72. The summed E-state index contributed by atoms with van der Waals surface area (Å²) in [5.41, 5.74) is 0. The van der Waals surface area contributed by atoms with Crippen LogP contribution in [0.2, 0.25) is 0 Å². The summed E-state index contributed by atoms with van der Waals surface area (Å²) < 4.78 is 155. The summed E-state index contributed by atoms with van der Waals surface area (Å²) in [4.78, 5) is 0. The molecule has 25 heavy (non-hydrogen) atoms. The van der Waals surface area contributed by atoms with E-state index in [1.165, 1.54) is 0 Å². The lowest BCUT2D eigenvalue weighted by Crippen LogP contribution is -2.63. The van der Waals surface area contributed by atoms with Crippen LogP contribution in [0.4, 0.5) is 52.7 Å². The Morgan fingerprint density at radius 3 is 1.48 bits per heavy atom. The van der Waals surface area contributed by atoms with Crippen LogP contribution >= 0.6 is 0 Å². The van der Waals surface area contributed by atoms with Gasteiger partial charge in [0.25, 0.3) is 5.76 Å². The normalized spacial score (nSPS) is 15.6. The topological polar surface area (TPSA) is 66.0 Å². The molecular weight excluding hydrogens is 396 g/mol. The van der Waals surface area contributed by atoms with E-state index in [9.17, 15) is 52.7 Å². The monoisotopic (exact) mass is 396 g/mol. The second-order valence-corrected chi connectivity index (χ2v) is 3.72. The molecule has 0 aromatic heterocycles. The average molecular weight is 396 g/mol. The summed E-state index contributed by atoms with van der Waals surface area (Å²) >= 11 is 0. The number of halogens is 12. The Balaban J connectivity index is 6.24. The maximum atomic E-state index is 13.5. The molecule has 0 amide bonds. The van der Waals surface area contributed by atoms with E-state index in [4.69, 9.17) is 10.5 Å². The fraction of sp³-hybridized carbons (Fsp3) is 0.556. The lowest BCUT2D eigenvalue weighted by molar-refractivity contribution is -0.510. The smallest absolute Gasteiger partial charge is 0.411 e. The number of hydrogen-bond donors (Lipinski definition) is 0. The first-order valence-electron chi connectivity index (χ1n) is 5.03. The SMILES string of the molecule is N#CC(OC(F)(F)C(F)(OC(F)(F)C(F)(F)C#N)C(F)(F)F)=C(F)F. The van der Waals surface area contributed by atoms with Crippen LogP contribution in [0.3, 0.4) is 0 Å². The molecule has 0 aliphatic rings. The van der Waals surface area contributed by atoms with Gasteiger partial charge < -0.3 is 4.74 Å². The zero-order chi connectivity index (χ0) is 20.5. The van der Waals surface area contributed by atoms with Crippen molar-refractivity contribution >= 4 is 0 Å². The van der Waals surface area contributed by atoms with Gasteiger partial charge in [-0.15, -0.1) is 0 Å². The highest BCUT2D eigenvalue weighted by molar-refractivity contribution is 5.15. The Labute approximate surface area is 128 Å². The zero-order valence-corrected chi connectivity index (χ0v) is 10.7. The molecule has 1 unspecified atom stereocenters. The minimum atomic E-state index is -7.28. The molecule has 0 aromatic rings. The van der Waals surface area contributed by atoms with Crippen molar-refractivity contribution in [1.29, 1.82) is 10.5 Å². The Bertz CT molecular complexity index is 624. The Morgan fingerprint density at radius 1 is 0.760 bits per heavy atom. The number of nitrogens with zero attached hydrogens (tertiary/aromatic N) is 2. The van der Waals surface area contributed by atoms with E-state index in [0.717, 1.165) is 0 Å². The fourth-order valence-electron chi connectivity index (χ4n) is 0.886. The molecule has 0 saturated carbocycles. The molecule has 0 rings (SSSR count). The van der Waals surface area contributed by atoms with Gasteiger partial charge in [-0.05, 0) is 0 Å². The summed E-state index contributed by atoms with van der Waals surface area (Å²) in [6.45, 7) is 0. The van der Waals surface area contributed by atoms with Crippen molar-refractivity contribution in [2.75, 3.05) is 0 Å². The van der Waals surface area contributed by atoms with E-state index in [2.05, 4.69) is 4.74 Å². The first kappa shape index (κ1) is 22.6. The molecule has 0 aliphatic heterocycles. The van der Waals surface area contributed by atoms with Crippen LogP contribution in [0.5, 0.6) is 0 Å². The molecule has 16 heteroatoms. The Hall–Kier alpha value is -2.36. The van der Waals surface area contributed by atoms with Crippen LogP contribution in [0.25, 0.3) is 0 Å². The van der Waals surface area contributed by atoms with Crippen molar-refractivity contribution in [2.45, 2.75) is 30.2 Å². The van der Waals surface area contributed by atoms with Crippen molar-refractivity contribution in [3.05, 3.63) is 11.8 Å². The van der Waals surface area contributed by atoms with Crippen LogP contribution in [0, 0.1) is 22.7 Å². The minimum absolute atomic E-state index is 0.0352. The van der Waals surface area contributed by atoms with Crippen molar-refractivity contribution in [3.8, 4) is 12.1 Å². The summed E-state index contributed by atoms with van der Waals surface area (Å²) in [6, 6.07) is -0.597. The van der Waals surface area contributed by atoms with Crippen LogP contribution < -0.4 is 0 Å². The van der Waals surface area contributed by atoms with E-state index in [-0.39, 0.29) is 6.07 Å². The third-order valence-corrected chi connectivity index (χ3v) is 2.02. The molecule has 0 bridgehead atoms. The zero-order valence-electron chi connectivity index (χ0n) is 10.7. The van der Waals surface area contributed by atoms with Crippen molar-refractivity contribution in [1.82, 2.24) is 0 Å². The van der Waals surface area contributed by atoms with E-state index < -0.39 is 48.1 Å². The molecule has 0 aliphatic carbocycles. The van der Waals surface area contributed by atoms with Gasteiger partial charge in [-0.1, -0.05) is 0 Å². The summed E-state index contributed by atoms with van der Waals surface area (Å²) in [5.74, 6) is -16.4. The number of rotatable bonds is 6. The van der Waals surface area contributed by atoms with Crippen LogP contribution in [-0.2, 0) is 9.47 Å². The highest BCUT2D eigenvalue weighted by Crippen LogP contribution is 2.52. The number of alkyl halides is 10. The molecule has 0 heterocycles. The largest absolute Gasteiger partial charge is 0.470 e. The number of ether oxygens (including phenoxy) is 2. The average Bonchev–Trinajstić information content (AvgIpc) is 2.42. The maximum absolute atomic E-state index is 13.5. The molecule has 0 fully saturated rings. The third kappa shape index (κ3) is 4.19. The first-order valence-corrected chi connectivity index (χ1v) is 5.03. The number of hydrogen-bond acceptors (Lipinski definition) is 4. The van der Waals surface area contributed by atoms with E-state index in [0.29, 0.717) is 0 Å². The molecule has 0 N–H and O–H groups in total. The standard InChI is InChI=1S/C9F12N2O2/c10-4(11)3(1-22)24-9(20,21)6(14,7(15,16)17)25-8(18,19)5(12,13)2-23. The molecule has 0 saturated heterocycles. The second kappa shape index (κ2) is 6.51. The highest BCUT2D eigenvalue weighted by Gasteiger charge is 2.81. The maximum Gasteiger partial charge on any atom is 0.470 e. The van der Waals surface area contributed by atoms with Gasteiger partial charge in [0, 0.05) is 0 Å². The van der Waals surface area contributed by atoms with Gasteiger partial charge in [0.05, 0.1) is 0 Å². The van der Waals surface area contributed by atoms with Gasteiger partial charge in [0.1, 0.15) is 12.1 Å². The quantitative estimate of drug-likeness (QED) is 0.383. The van der Waals surface area contributed by atoms with Gasteiger partial charge in [0.15, 0.2) is 0 Å². The van der Waals surface area contributed by atoms with Crippen LogP contribution in [-0.4, -0.2) is 30.2 Å². The van der Waals surface area contributed by atoms with Gasteiger partial charge >= 0.3 is 36.3 Å². The van der Waals surface area contributed by atoms with Crippen LogP contribution in [0.1, 0.15) is 0 Å². The Morgan fingerprint density at radius 2 is 1.20 bits per heavy atom. The number of allylic oxidation sites excluding steroid dienone is 1. The number of nitriles is 2. The fourth-order valence-corrected chi connectivity index (χ4v) is 0.886. The predicted molar refractivity (Wildman–Crippen MR) is 47.4 cm³/mol. The van der Waals surface area contributed by atoms with Crippen LogP contribution in [0.15, 0.2) is 11.8 Å². The van der Waals surface area contributed by atoms with Crippen molar-refractivity contribution < 1.29 is 62.2 Å². The van der Waals surface area contributed by atoms with Gasteiger partial charge in [-0.3, -0.25) is 4.74 Å². The van der Waals surface area contributed by atoms with Gasteiger partial charge in [-0.2, -0.15) is 63.2 Å². The summed E-state index contributed by atoms with van der Waals surface area (Å²) in [6.07, 6.45) is -24.5.